The van der Waals surface area contributed by atoms with Crippen LogP contribution in [0, 0.1) is 5.92 Å². The van der Waals surface area contributed by atoms with E-state index in [2.05, 4.69) is 24.0 Å². The van der Waals surface area contributed by atoms with Crippen molar-refractivity contribution in [3.8, 4) is 0 Å². The summed E-state index contributed by atoms with van der Waals surface area (Å²) in [6, 6.07) is 0.192. The first kappa shape index (κ1) is 8.75. The molecule has 0 bridgehead atoms. The summed E-state index contributed by atoms with van der Waals surface area (Å²) in [5.41, 5.74) is 9.87. The second-order valence-corrected chi connectivity index (χ2v) is 3.96. The minimum Gasteiger partial charge on any atom is -0.324 e. The average molecular weight is 179 g/mol. The zero-order valence-corrected chi connectivity index (χ0v) is 8.30. The molecule has 3 nitrogen and oxygen atoms in total. The Balaban J connectivity index is 2.42. The fraction of sp³-hybridized carbons (Fsp3) is 0.700. The molecule has 2 rings (SSSR count). The number of nitrogens with zero attached hydrogens (tertiary/aromatic N) is 1. The fourth-order valence-electron chi connectivity index (χ4n) is 2.12. The molecule has 0 fully saturated rings. The first-order chi connectivity index (χ1) is 6.24. The highest BCUT2D eigenvalue weighted by Crippen LogP contribution is 2.33. The molecule has 0 amide bonds. The third-order valence-corrected chi connectivity index (χ3v) is 3.09. The number of hydrogen-bond donors (Lipinski definition) is 2. The van der Waals surface area contributed by atoms with Gasteiger partial charge in [0.05, 0.1) is 5.69 Å². The summed E-state index contributed by atoms with van der Waals surface area (Å²) < 4.78 is 0. The van der Waals surface area contributed by atoms with E-state index in [-0.39, 0.29) is 6.04 Å². The summed E-state index contributed by atoms with van der Waals surface area (Å²) in [6.45, 7) is 4.35. The average Bonchev–Trinajstić information content (AvgIpc) is 2.55. The maximum absolute atomic E-state index is 6.15. The largest absolute Gasteiger partial charge is 0.324 e. The lowest BCUT2D eigenvalue weighted by molar-refractivity contribution is 0.408. The van der Waals surface area contributed by atoms with Gasteiger partial charge in [-0.25, -0.2) is 0 Å². The molecule has 0 aromatic carbocycles. The SMILES string of the molecule is CCc1n[nH]c2c1C(N)C(C)CC2. The molecular weight excluding hydrogens is 162 g/mol. The van der Waals surface area contributed by atoms with E-state index >= 15 is 0 Å². The van der Waals surface area contributed by atoms with Crippen LogP contribution in [-0.4, -0.2) is 10.2 Å². The van der Waals surface area contributed by atoms with Crippen LogP contribution in [0.15, 0.2) is 0 Å². The van der Waals surface area contributed by atoms with E-state index < -0.39 is 0 Å². The summed E-state index contributed by atoms with van der Waals surface area (Å²) in [7, 11) is 0. The molecule has 1 aliphatic carbocycles. The highest BCUT2D eigenvalue weighted by Gasteiger charge is 2.27. The zero-order valence-electron chi connectivity index (χ0n) is 8.30. The molecule has 0 saturated carbocycles. The summed E-state index contributed by atoms with van der Waals surface area (Å²) in [6.07, 6.45) is 3.27. The van der Waals surface area contributed by atoms with Crippen LogP contribution in [0.4, 0.5) is 0 Å². The Hall–Kier alpha value is -0.830. The minimum absolute atomic E-state index is 0.192. The number of aromatic amines is 1. The summed E-state index contributed by atoms with van der Waals surface area (Å²) in [5, 5.41) is 7.39. The third kappa shape index (κ3) is 1.27. The molecule has 1 aromatic rings. The van der Waals surface area contributed by atoms with E-state index in [9.17, 15) is 0 Å². The standard InChI is InChI=1S/C10H17N3/c1-3-7-9-8(13-12-7)5-4-6(2)10(9)11/h6,10H,3-5,11H2,1-2H3,(H,12,13). The number of rotatable bonds is 1. The van der Waals surface area contributed by atoms with Crippen molar-refractivity contribution in [1.82, 2.24) is 10.2 Å². The van der Waals surface area contributed by atoms with Gasteiger partial charge in [0, 0.05) is 17.3 Å². The molecule has 13 heavy (non-hydrogen) atoms. The number of H-pyrrole nitrogens is 1. The van der Waals surface area contributed by atoms with Gasteiger partial charge in [0.1, 0.15) is 0 Å². The van der Waals surface area contributed by atoms with Crippen LogP contribution in [0.25, 0.3) is 0 Å². The first-order valence-corrected chi connectivity index (χ1v) is 5.05. The van der Waals surface area contributed by atoms with Crippen molar-refractivity contribution in [2.75, 3.05) is 0 Å². The van der Waals surface area contributed by atoms with E-state index in [4.69, 9.17) is 5.73 Å². The fourth-order valence-corrected chi connectivity index (χ4v) is 2.12. The smallest absolute Gasteiger partial charge is 0.0670 e. The third-order valence-electron chi connectivity index (χ3n) is 3.09. The second kappa shape index (κ2) is 3.14. The molecule has 1 aromatic heterocycles. The Morgan fingerprint density at radius 1 is 1.62 bits per heavy atom. The molecule has 0 spiro atoms. The van der Waals surface area contributed by atoms with Crippen molar-refractivity contribution in [3.05, 3.63) is 17.0 Å². The van der Waals surface area contributed by atoms with Crippen LogP contribution in [0.2, 0.25) is 0 Å². The number of nitrogens with one attached hydrogen (secondary N) is 1. The minimum atomic E-state index is 0.192. The van der Waals surface area contributed by atoms with Crippen molar-refractivity contribution >= 4 is 0 Å². The maximum Gasteiger partial charge on any atom is 0.0670 e. The molecule has 0 aliphatic heterocycles. The number of aromatic nitrogens is 2. The highest BCUT2D eigenvalue weighted by molar-refractivity contribution is 5.31. The molecule has 2 unspecified atom stereocenters. The Bertz CT molecular complexity index is 290. The van der Waals surface area contributed by atoms with Gasteiger partial charge >= 0.3 is 0 Å². The monoisotopic (exact) mass is 179 g/mol. The van der Waals surface area contributed by atoms with Gasteiger partial charge in [-0.3, -0.25) is 5.10 Å². The molecule has 72 valence electrons. The topological polar surface area (TPSA) is 54.7 Å². The molecule has 1 heterocycles. The lowest BCUT2D eigenvalue weighted by Gasteiger charge is -2.25. The summed E-state index contributed by atoms with van der Waals surface area (Å²) in [4.78, 5) is 0. The van der Waals surface area contributed by atoms with Crippen LogP contribution in [0.3, 0.4) is 0 Å². The molecule has 2 atom stereocenters. The summed E-state index contributed by atoms with van der Waals surface area (Å²) in [5.74, 6) is 0.593. The summed E-state index contributed by atoms with van der Waals surface area (Å²) >= 11 is 0. The highest BCUT2D eigenvalue weighted by atomic mass is 15.1. The molecule has 3 N–H and O–H groups in total. The van der Waals surface area contributed by atoms with E-state index in [1.807, 2.05) is 0 Å². The van der Waals surface area contributed by atoms with E-state index in [0.29, 0.717) is 5.92 Å². The van der Waals surface area contributed by atoms with Crippen molar-refractivity contribution < 1.29 is 0 Å². The Morgan fingerprint density at radius 2 is 2.38 bits per heavy atom. The number of aryl methyl sites for hydroxylation is 2. The van der Waals surface area contributed by atoms with Crippen LogP contribution >= 0.6 is 0 Å². The lowest BCUT2D eigenvalue weighted by Crippen LogP contribution is -2.25. The second-order valence-electron chi connectivity index (χ2n) is 3.96. The molecule has 1 aliphatic rings. The quantitative estimate of drug-likeness (QED) is 0.687. The van der Waals surface area contributed by atoms with Crippen LogP contribution in [0.5, 0.6) is 0 Å². The number of fused-ring (bicyclic) bond motifs is 1. The molecule has 0 radical (unpaired) electrons. The first-order valence-electron chi connectivity index (χ1n) is 5.05. The predicted octanol–water partition coefficient (Wildman–Crippen LogP) is 1.55. The van der Waals surface area contributed by atoms with E-state index in [1.54, 1.807) is 0 Å². The normalized spacial score (nSPS) is 27.3. The van der Waals surface area contributed by atoms with Gasteiger partial charge in [-0.15, -0.1) is 0 Å². The molecule has 0 saturated heterocycles. The van der Waals surface area contributed by atoms with Gasteiger partial charge in [-0.05, 0) is 25.2 Å². The van der Waals surface area contributed by atoms with Crippen LogP contribution in [0.1, 0.15) is 43.3 Å². The van der Waals surface area contributed by atoms with Gasteiger partial charge < -0.3 is 5.73 Å². The lowest BCUT2D eigenvalue weighted by atomic mass is 9.83. The van der Waals surface area contributed by atoms with Crippen LogP contribution in [-0.2, 0) is 12.8 Å². The van der Waals surface area contributed by atoms with E-state index in [0.717, 1.165) is 18.5 Å². The molecule has 3 heteroatoms. The van der Waals surface area contributed by atoms with Gasteiger partial charge in [0.15, 0.2) is 0 Å². The predicted molar refractivity (Wildman–Crippen MR) is 52.4 cm³/mol. The maximum atomic E-state index is 6.15. The van der Waals surface area contributed by atoms with Crippen molar-refractivity contribution in [3.63, 3.8) is 0 Å². The Morgan fingerprint density at radius 3 is 3.08 bits per heavy atom. The molecular formula is C10H17N3. The van der Waals surface area contributed by atoms with E-state index in [1.165, 1.54) is 17.7 Å². The van der Waals surface area contributed by atoms with Crippen molar-refractivity contribution in [2.45, 2.75) is 39.2 Å². The zero-order chi connectivity index (χ0) is 9.42. The van der Waals surface area contributed by atoms with Gasteiger partial charge in [0.25, 0.3) is 0 Å². The Labute approximate surface area is 78.7 Å². The Kier molecular flexibility index (Phi) is 2.12. The van der Waals surface area contributed by atoms with Gasteiger partial charge in [-0.2, -0.15) is 5.10 Å². The van der Waals surface area contributed by atoms with Gasteiger partial charge in [0.2, 0.25) is 0 Å². The van der Waals surface area contributed by atoms with Gasteiger partial charge in [-0.1, -0.05) is 13.8 Å². The number of nitrogens with two attached hydrogens (primary N) is 1. The van der Waals surface area contributed by atoms with Crippen LogP contribution < -0.4 is 5.73 Å². The van der Waals surface area contributed by atoms with Crippen molar-refractivity contribution in [2.24, 2.45) is 11.7 Å². The van der Waals surface area contributed by atoms with Crippen molar-refractivity contribution in [1.29, 1.82) is 0 Å². The number of hydrogen-bond acceptors (Lipinski definition) is 2.